The Bertz CT molecular complexity index is 908. The van der Waals surface area contributed by atoms with Crippen LogP contribution in [0.15, 0.2) is 77.7 Å². The lowest BCUT2D eigenvalue weighted by molar-refractivity contribution is -0.806. The summed E-state index contributed by atoms with van der Waals surface area (Å²) in [5.41, 5.74) is 0.358. The van der Waals surface area contributed by atoms with Gasteiger partial charge < -0.3 is 20.2 Å². The van der Waals surface area contributed by atoms with Crippen molar-refractivity contribution in [2.75, 3.05) is 7.11 Å². The molecule has 7 nitrogen and oxygen atoms in total. The molecule has 3 rings (SSSR count). The molecule has 1 amide bonds. The maximum absolute atomic E-state index is 11.9. The van der Waals surface area contributed by atoms with E-state index in [9.17, 15) is 10.0 Å². The van der Waals surface area contributed by atoms with E-state index in [0.717, 1.165) is 0 Å². The molecule has 0 saturated carbocycles. The van der Waals surface area contributed by atoms with Gasteiger partial charge in [-0.1, -0.05) is 35.3 Å². The number of carbonyl (C=O) groups is 1. The first kappa shape index (κ1) is 20.4. The third-order valence-corrected chi connectivity index (χ3v) is 5.13. The minimum Gasteiger partial charge on any atom is -0.759 e. The molecule has 28 heavy (non-hydrogen) atoms. The second-order valence-electron chi connectivity index (χ2n) is 5.91. The van der Waals surface area contributed by atoms with Crippen molar-refractivity contribution < 1.29 is 18.8 Å². The summed E-state index contributed by atoms with van der Waals surface area (Å²) < 4.78 is 13.4. The number of alkyl halides is 1. The van der Waals surface area contributed by atoms with Crippen molar-refractivity contribution >= 4 is 29.1 Å². The van der Waals surface area contributed by atoms with Crippen molar-refractivity contribution in [1.82, 2.24) is 10.5 Å². The highest BCUT2D eigenvalue weighted by Crippen LogP contribution is 2.46. The fourth-order valence-electron chi connectivity index (χ4n) is 2.98. The number of hydrogen-bond acceptors (Lipinski definition) is 5. The van der Waals surface area contributed by atoms with Crippen LogP contribution in [0.5, 0.6) is 0 Å². The van der Waals surface area contributed by atoms with Gasteiger partial charge in [0.2, 0.25) is 5.91 Å². The van der Waals surface area contributed by atoms with Crippen LogP contribution in [0.25, 0.3) is 0 Å². The van der Waals surface area contributed by atoms with Gasteiger partial charge in [0.1, 0.15) is 5.03 Å². The molecule has 0 bridgehead atoms. The summed E-state index contributed by atoms with van der Waals surface area (Å²) in [7, 11) is 1.42. The largest absolute Gasteiger partial charge is 0.759 e. The molecule has 0 radical (unpaired) electrons. The number of nitrogens with zero attached hydrogens (tertiary/aromatic N) is 2. The highest BCUT2D eigenvalue weighted by molar-refractivity contribution is 6.33. The van der Waals surface area contributed by atoms with Gasteiger partial charge in [-0.05, 0) is 24.3 Å². The number of amides is 1. The summed E-state index contributed by atoms with van der Waals surface area (Å²) in [5.74, 6) is -0.896. The molecule has 9 heteroatoms. The zero-order valence-corrected chi connectivity index (χ0v) is 16.4. The molecule has 1 aliphatic carbocycles. The Labute approximate surface area is 171 Å². The quantitative estimate of drug-likeness (QED) is 0.439. The van der Waals surface area contributed by atoms with Gasteiger partial charge >= 0.3 is 5.72 Å². The van der Waals surface area contributed by atoms with Crippen molar-refractivity contribution in [2.24, 2.45) is 0 Å². The molecule has 2 atom stereocenters. The minimum absolute atomic E-state index is 0.00971. The van der Waals surface area contributed by atoms with Gasteiger partial charge in [-0.25, -0.2) is 0 Å². The molecule has 0 fully saturated rings. The van der Waals surface area contributed by atoms with Gasteiger partial charge in [-0.2, -0.15) is 4.57 Å². The van der Waals surface area contributed by atoms with Crippen molar-refractivity contribution in [3.8, 4) is 0 Å². The van der Waals surface area contributed by atoms with Crippen molar-refractivity contribution in [3.05, 3.63) is 88.6 Å². The van der Waals surface area contributed by atoms with E-state index in [1.165, 1.54) is 24.7 Å². The van der Waals surface area contributed by atoms with Gasteiger partial charge in [-0.3, -0.25) is 9.78 Å². The molecule has 1 N–H and O–H groups in total. The van der Waals surface area contributed by atoms with Gasteiger partial charge in [0.05, 0.1) is 12.3 Å². The predicted octanol–water partition coefficient (Wildman–Crippen LogP) is 2.50. The lowest BCUT2D eigenvalue weighted by Gasteiger charge is -2.40. The zero-order chi connectivity index (χ0) is 20.2. The lowest BCUT2D eigenvalue weighted by Crippen LogP contribution is -2.69. The number of hydroxylamine groups is 1. The highest BCUT2D eigenvalue weighted by Gasteiger charge is 2.64. The van der Waals surface area contributed by atoms with E-state index in [4.69, 9.17) is 32.7 Å². The topological polar surface area (TPSA) is 87.4 Å². The van der Waals surface area contributed by atoms with Crippen LogP contribution in [0.3, 0.4) is 0 Å². The first-order chi connectivity index (χ1) is 13.5. The van der Waals surface area contributed by atoms with E-state index in [1.54, 1.807) is 47.4 Å². The van der Waals surface area contributed by atoms with E-state index in [-0.39, 0.29) is 17.2 Å². The smallest absolute Gasteiger partial charge is 0.357 e. The van der Waals surface area contributed by atoms with Crippen LogP contribution in [0.4, 0.5) is 0 Å². The minimum atomic E-state index is -1.76. The van der Waals surface area contributed by atoms with Gasteiger partial charge in [0.25, 0.3) is 5.06 Å². The van der Waals surface area contributed by atoms with Crippen LogP contribution in [0, 0.1) is 5.21 Å². The Kier molecular flexibility index (Phi) is 6.12. The summed E-state index contributed by atoms with van der Waals surface area (Å²) in [4.78, 5) is 16.1. The summed E-state index contributed by atoms with van der Waals surface area (Å²) >= 11 is 13.4. The Balaban J connectivity index is 2.11. The van der Waals surface area contributed by atoms with Crippen LogP contribution in [0.1, 0.15) is 5.69 Å². The third-order valence-electron chi connectivity index (χ3n) is 4.29. The Hall–Kier alpha value is -2.29. The van der Waals surface area contributed by atoms with Crippen molar-refractivity contribution in [2.45, 2.75) is 17.4 Å². The number of rotatable bonds is 6. The number of carbonyl (C=O) groups excluding carboxylic acids is 1. The maximum Gasteiger partial charge on any atom is 0.357 e. The first-order valence-electron chi connectivity index (χ1n) is 8.24. The van der Waals surface area contributed by atoms with Crippen LogP contribution < -0.4 is 10.0 Å². The molecule has 2 heterocycles. The van der Waals surface area contributed by atoms with Crippen LogP contribution in [-0.4, -0.2) is 23.1 Å². The number of hydrogen-bond donors (Lipinski definition) is 1. The first-order valence-corrected chi connectivity index (χ1v) is 9.00. The second-order valence-corrected chi connectivity index (χ2v) is 6.88. The van der Waals surface area contributed by atoms with Gasteiger partial charge in [0.15, 0.2) is 12.4 Å². The standard InChI is InChI=1S/C19H17Cl2N3O4/c1-27-19(24-9-5-2-6-10-24)16(20)11-14(17(25)23-26)12-18(19,21)28-13-15-7-3-4-8-22-15/h2-12H,13H2,1H3,(H-,23,25,26). The fourth-order valence-corrected chi connectivity index (χ4v) is 3.91. The van der Waals surface area contributed by atoms with E-state index in [2.05, 4.69) is 4.98 Å². The Morgan fingerprint density at radius 2 is 2.04 bits per heavy atom. The summed E-state index contributed by atoms with van der Waals surface area (Å²) in [5, 5.41) is 9.18. The molecule has 0 aliphatic heterocycles. The fraction of sp³-hybridized carbons (Fsp3) is 0.211. The van der Waals surface area contributed by atoms with Gasteiger partial charge in [0, 0.05) is 31.0 Å². The van der Waals surface area contributed by atoms with E-state index >= 15 is 0 Å². The molecular weight excluding hydrogens is 405 g/mol. The number of halogens is 2. The van der Waals surface area contributed by atoms with Crippen molar-refractivity contribution in [3.63, 3.8) is 0 Å². The summed E-state index contributed by atoms with van der Waals surface area (Å²) in [6, 6.07) is 10.7. The monoisotopic (exact) mass is 421 g/mol. The molecule has 2 unspecified atom stereocenters. The molecule has 1 aliphatic rings. The molecule has 2 aromatic rings. The average Bonchev–Trinajstić information content (AvgIpc) is 2.73. The lowest BCUT2D eigenvalue weighted by atomic mass is 9.94. The predicted molar refractivity (Wildman–Crippen MR) is 103 cm³/mol. The van der Waals surface area contributed by atoms with E-state index in [0.29, 0.717) is 5.69 Å². The Morgan fingerprint density at radius 1 is 1.29 bits per heavy atom. The number of ether oxygens (including phenoxy) is 2. The highest BCUT2D eigenvalue weighted by atomic mass is 35.5. The van der Waals surface area contributed by atoms with Gasteiger partial charge in [-0.15, -0.1) is 0 Å². The molecule has 0 spiro atoms. The average molecular weight is 422 g/mol. The van der Waals surface area contributed by atoms with Crippen LogP contribution >= 0.6 is 23.2 Å². The van der Waals surface area contributed by atoms with Crippen LogP contribution in [-0.2, 0) is 26.6 Å². The maximum atomic E-state index is 11.9. The SMILES string of the molecule is COC1([n+]2ccccc2)C(Cl)=CC(C(=O)N[O-])=CC1(Cl)OCc1ccccn1. The number of pyridine rings is 2. The van der Waals surface area contributed by atoms with E-state index in [1.807, 2.05) is 12.1 Å². The number of aromatic nitrogens is 2. The molecule has 2 aromatic heterocycles. The normalized spacial score (nSPS) is 24.3. The summed E-state index contributed by atoms with van der Waals surface area (Å²) in [6.07, 6.45) is 7.65. The molecular formula is C19H17Cl2N3O4. The molecule has 0 saturated heterocycles. The number of methoxy groups -OCH3 is 1. The number of nitrogens with one attached hydrogen (secondary N) is 1. The van der Waals surface area contributed by atoms with E-state index < -0.39 is 16.7 Å². The van der Waals surface area contributed by atoms with Crippen molar-refractivity contribution in [1.29, 1.82) is 0 Å². The molecule has 146 valence electrons. The second kappa shape index (κ2) is 8.38. The molecule has 0 aromatic carbocycles. The third kappa shape index (κ3) is 3.55. The Morgan fingerprint density at radius 3 is 2.64 bits per heavy atom. The summed E-state index contributed by atoms with van der Waals surface area (Å²) in [6.45, 7) is 0.00971. The zero-order valence-electron chi connectivity index (χ0n) is 14.8. The van der Waals surface area contributed by atoms with Crippen LogP contribution in [0.2, 0.25) is 0 Å².